The van der Waals surface area contributed by atoms with Crippen LogP contribution in [-0.4, -0.2) is 57.5 Å². The van der Waals surface area contributed by atoms with Crippen molar-refractivity contribution in [3.8, 4) is 11.5 Å². The number of carbonyl (C=O) groups excluding carboxylic acids is 2. The summed E-state index contributed by atoms with van der Waals surface area (Å²) in [6, 6.07) is 13.4. The molecule has 0 aromatic heterocycles. The molecule has 1 aliphatic heterocycles. The molecule has 42 heavy (non-hydrogen) atoms. The van der Waals surface area contributed by atoms with E-state index in [1.54, 1.807) is 6.92 Å². The summed E-state index contributed by atoms with van der Waals surface area (Å²) in [4.78, 5) is 28.2. The highest BCUT2D eigenvalue weighted by Crippen LogP contribution is 2.34. The van der Waals surface area contributed by atoms with Crippen molar-refractivity contribution in [2.75, 3.05) is 30.6 Å². The van der Waals surface area contributed by atoms with E-state index in [-0.39, 0.29) is 35.9 Å². The molecule has 0 radical (unpaired) electrons. The molecule has 4 rings (SSSR count). The zero-order valence-corrected chi connectivity index (χ0v) is 24.2. The number of rotatable bonds is 12. The Bertz CT molecular complexity index is 1500. The van der Waals surface area contributed by atoms with Crippen molar-refractivity contribution in [2.24, 2.45) is 0 Å². The predicted octanol–water partition coefficient (Wildman–Crippen LogP) is 4.26. The minimum atomic E-state index is -4.40. The Morgan fingerprint density at radius 3 is 2.14 bits per heavy atom. The number of ether oxygens (including phenoxy) is 2. The highest BCUT2D eigenvalue weighted by atomic mass is 32.2. The van der Waals surface area contributed by atoms with Crippen LogP contribution in [0.25, 0.3) is 0 Å². The minimum Gasteiger partial charge on any atom is -0.486 e. The molecule has 224 valence electrons. The number of halogens is 2. The van der Waals surface area contributed by atoms with Gasteiger partial charge in [0.1, 0.15) is 37.4 Å². The van der Waals surface area contributed by atoms with Crippen molar-refractivity contribution < 1.29 is 36.3 Å². The number of nitrogens with zero attached hydrogens (tertiary/aromatic N) is 2. The molecule has 12 heteroatoms. The Kier molecular flexibility index (Phi) is 10.00. The number of hydrogen-bond donors (Lipinski definition) is 1. The van der Waals surface area contributed by atoms with Gasteiger partial charge in [-0.1, -0.05) is 26.0 Å². The molecule has 1 aliphatic rings. The lowest BCUT2D eigenvalue weighted by Gasteiger charge is -2.33. The van der Waals surface area contributed by atoms with Crippen molar-refractivity contribution in [1.82, 2.24) is 10.2 Å². The zero-order valence-electron chi connectivity index (χ0n) is 23.4. The second kappa shape index (κ2) is 13.6. The van der Waals surface area contributed by atoms with E-state index in [1.807, 2.05) is 6.92 Å². The van der Waals surface area contributed by atoms with Crippen LogP contribution in [0.1, 0.15) is 32.3 Å². The highest BCUT2D eigenvalue weighted by molar-refractivity contribution is 7.92. The number of carbonyl (C=O) groups is 2. The average molecular weight is 602 g/mol. The largest absolute Gasteiger partial charge is 0.486 e. The van der Waals surface area contributed by atoms with Crippen LogP contribution in [0.3, 0.4) is 0 Å². The predicted molar refractivity (Wildman–Crippen MR) is 153 cm³/mol. The molecule has 0 fully saturated rings. The molecule has 0 aliphatic carbocycles. The number of nitrogens with one attached hydrogen (secondary N) is 1. The van der Waals surface area contributed by atoms with E-state index in [2.05, 4.69) is 5.32 Å². The number of hydrogen-bond acceptors (Lipinski definition) is 6. The standard InChI is InChI=1S/C30H33F2N3O6S/c1-3-15-33-30(37)26(4-2)34(19-21-5-7-22(31)8-6-21)29(36)20-35(24-11-9-23(32)10-12-24)42(38,39)25-13-14-27-28(18-25)41-17-16-40-27/h5-14,18,26H,3-4,15-17,19-20H2,1-2H3,(H,33,37). The van der Waals surface area contributed by atoms with E-state index >= 15 is 0 Å². The van der Waals surface area contributed by atoms with Gasteiger partial charge in [-0.3, -0.25) is 13.9 Å². The van der Waals surface area contributed by atoms with Crippen molar-refractivity contribution in [3.63, 3.8) is 0 Å². The summed E-state index contributed by atoms with van der Waals surface area (Å²) in [5, 5.41) is 2.80. The fourth-order valence-electron chi connectivity index (χ4n) is 4.52. The normalized spacial score (nSPS) is 13.2. The third kappa shape index (κ3) is 7.17. The van der Waals surface area contributed by atoms with Crippen molar-refractivity contribution in [2.45, 2.75) is 44.2 Å². The second-order valence-corrected chi connectivity index (χ2v) is 11.5. The fourth-order valence-corrected chi connectivity index (χ4v) is 5.95. The average Bonchev–Trinajstić information content (AvgIpc) is 2.99. The maximum absolute atomic E-state index is 14.0. The van der Waals surface area contributed by atoms with Gasteiger partial charge in [0.2, 0.25) is 11.8 Å². The summed E-state index contributed by atoms with van der Waals surface area (Å²) in [6.45, 7) is 3.83. The Labute approximate surface area is 244 Å². The molecule has 0 bridgehead atoms. The lowest BCUT2D eigenvalue weighted by Crippen LogP contribution is -2.52. The van der Waals surface area contributed by atoms with Gasteiger partial charge in [-0.15, -0.1) is 0 Å². The van der Waals surface area contributed by atoms with E-state index in [0.717, 1.165) is 16.4 Å². The van der Waals surface area contributed by atoms with E-state index in [0.29, 0.717) is 30.9 Å². The first-order valence-corrected chi connectivity index (χ1v) is 15.1. The Morgan fingerprint density at radius 1 is 0.905 bits per heavy atom. The lowest BCUT2D eigenvalue weighted by atomic mass is 10.1. The first-order chi connectivity index (χ1) is 20.1. The van der Waals surface area contributed by atoms with Crippen LogP contribution in [-0.2, 0) is 26.2 Å². The van der Waals surface area contributed by atoms with Gasteiger partial charge >= 0.3 is 0 Å². The van der Waals surface area contributed by atoms with Gasteiger partial charge in [0, 0.05) is 19.2 Å². The van der Waals surface area contributed by atoms with E-state index in [1.165, 1.54) is 59.5 Å². The van der Waals surface area contributed by atoms with Crippen molar-refractivity contribution >= 4 is 27.5 Å². The minimum absolute atomic E-state index is 0.0462. The molecule has 0 spiro atoms. The van der Waals surface area contributed by atoms with Gasteiger partial charge in [0.05, 0.1) is 10.6 Å². The Balaban J connectivity index is 1.73. The summed E-state index contributed by atoms with van der Waals surface area (Å²) >= 11 is 0. The van der Waals surface area contributed by atoms with Crippen LogP contribution >= 0.6 is 0 Å². The fraction of sp³-hybridized carbons (Fsp3) is 0.333. The molecule has 0 saturated heterocycles. The number of amides is 2. The molecule has 1 N–H and O–H groups in total. The molecule has 3 aromatic rings. The Hall–Kier alpha value is -4.19. The number of anilines is 1. The molecule has 1 heterocycles. The maximum Gasteiger partial charge on any atom is 0.264 e. The quantitative estimate of drug-likeness (QED) is 0.333. The van der Waals surface area contributed by atoms with Gasteiger partial charge < -0.3 is 19.7 Å². The van der Waals surface area contributed by atoms with Gasteiger partial charge in [-0.05, 0) is 66.9 Å². The van der Waals surface area contributed by atoms with E-state index in [9.17, 15) is 26.8 Å². The third-order valence-electron chi connectivity index (χ3n) is 6.70. The van der Waals surface area contributed by atoms with E-state index < -0.39 is 46.1 Å². The summed E-state index contributed by atoms with van der Waals surface area (Å²) in [6.07, 6.45) is 0.925. The molecule has 0 saturated carbocycles. The number of fused-ring (bicyclic) bond motifs is 1. The van der Waals surface area contributed by atoms with Crippen LogP contribution in [0.15, 0.2) is 71.6 Å². The smallest absolute Gasteiger partial charge is 0.264 e. The topological polar surface area (TPSA) is 105 Å². The molecule has 2 amide bonds. The van der Waals surface area contributed by atoms with Crippen molar-refractivity contribution in [3.05, 3.63) is 83.9 Å². The van der Waals surface area contributed by atoms with Gasteiger partial charge in [-0.25, -0.2) is 17.2 Å². The lowest BCUT2D eigenvalue weighted by molar-refractivity contribution is -0.140. The monoisotopic (exact) mass is 601 g/mol. The molecule has 1 atom stereocenters. The maximum atomic E-state index is 14.0. The van der Waals surface area contributed by atoms with Crippen molar-refractivity contribution in [1.29, 1.82) is 0 Å². The SMILES string of the molecule is CCCNC(=O)C(CC)N(Cc1ccc(F)cc1)C(=O)CN(c1ccc(F)cc1)S(=O)(=O)c1ccc2c(c1)OCCO2. The van der Waals surface area contributed by atoms with E-state index in [4.69, 9.17) is 9.47 Å². The zero-order chi connectivity index (χ0) is 30.3. The summed E-state index contributed by atoms with van der Waals surface area (Å²) in [5.74, 6) is -1.49. The first-order valence-electron chi connectivity index (χ1n) is 13.6. The third-order valence-corrected chi connectivity index (χ3v) is 8.47. The van der Waals surface area contributed by atoms with Crippen LogP contribution in [0.4, 0.5) is 14.5 Å². The van der Waals surface area contributed by atoms with Crippen LogP contribution in [0, 0.1) is 11.6 Å². The molecule has 9 nitrogen and oxygen atoms in total. The summed E-state index contributed by atoms with van der Waals surface area (Å²) in [5.41, 5.74) is 0.597. The van der Waals surface area contributed by atoms with Gasteiger partial charge in [-0.2, -0.15) is 0 Å². The van der Waals surface area contributed by atoms with Gasteiger partial charge in [0.25, 0.3) is 10.0 Å². The first kappa shape index (κ1) is 30.8. The second-order valence-electron chi connectivity index (χ2n) is 9.66. The molecule has 3 aromatic carbocycles. The van der Waals surface area contributed by atoms with Crippen LogP contribution in [0.5, 0.6) is 11.5 Å². The molecule has 1 unspecified atom stereocenters. The van der Waals surface area contributed by atoms with Gasteiger partial charge in [0.15, 0.2) is 11.5 Å². The summed E-state index contributed by atoms with van der Waals surface area (Å²) in [7, 11) is -4.40. The van der Waals surface area contributed by atoms with Crippen LogP contribution < -0.4 is 19.1 Å². The Morgan fingerprint density at radius 2 is 1.52 bits per heavy atom. The number of benzene rings is 3. The molecular formula is C30H33F2N3O6S. The summed E-state index contributed by atoms with van der Waals surface area (Å²) < 4.78 is 67.4. The highest BCUT2D eigenvalue weighted by Gasteiger charge is 2.34. The number of sulfonamides is 1. The van der Waals surface area contributed by atoms with Crippen LogP contribution in [0.2, 0.25) is 0 Å². The molecular weight excluding hydrogens is 568 g/mol.